The Morgan fingerprint density at radius 3 is 2.44 bits per heavy atom. The molecule has 102 valence electrons. The number of hydrogen-bond acceptors (Lipinski definition) is 3. The molecule has 0 heterocycles. The molecule has 0 saturated heterocycles. The lowest BCUT2D eigenvalue weighted by atomic mass is 10.1. The smallest absolute Gasteiger partial charge is 0.161 e. The molecule has 1 aromatic carbocycles. The van der Waals surface area contributed by atoms with Crippen molar-refractivity contribution in [1.82, 2.24) is 5.32 Å². The minimum atomic E-state index is 0.0980. The van der Waals surface area contributed by atoms with Gasteiger partial charge in [0.05, 0.1) is 7.11 Å². The number of methoxy groups -OCH3 is 1. The van der Waals surface area contributed by atoms with Gasteiger partial charge in [0.1, 0.15) is 6.10 Å². The summed E-state index contributed by atoms with van der Waals surface area (Å²) >= 11 is 0. The average Bonchev–Trinajstić information content (AvgIpc) is 2.28. The highest BCUT2D eigenvalue weighted by atomic mass is 16.5. The topological polar surface area (TPSA) is 30.5 Å². The monoisotopic (exact) mass is 251 g/mol. The summed E-state index contributed by atoms with van der Waals surface area (Å²) in [5, 5.41) is 3.42. The lowest BCUT2D eigenvalue weighted by Gasteiger charge is -2.24. The Morgan fingerprint density at radius 1 is 1.22 bits per heavy atom. The molecule has 1 aromatic rings. The summed E-state index contributed by atoms with van der Waals surface area (Å²) in [4.78, 5) is 0. The highest BCUT2D eigenvalue weighted by Crippen LogP contribution is 2.28. The third-order valence-corrected chi connectivity index (χ3v) is 2.57. The van der Waals surface area contributed by atoms with Gasteiger partial charge in [0, 0.05) is 12.1 Å². The quantitative estimate of drug-likeness (QED) is 0.872. The first-order chi connectivity index (χ1) is 8.31. The van der Waals surface area contributed by atoms with E-state index < -0.39 is 0 Å². The van der Waals surface area contributed by atoms with Crippen LogP contribution in [0.15, 0.2) is 18.2 Å². The molecule has 0 saturated carbocycles. The SMILES string of the molecule is COc1cc(C)ccc1OC(C)CNC(C)(C)C. The van der Waals surface area contributed by atoms with E-state index in [-0.39, 0.29) is 11.6 Å². The predicted molar refractivity (Wildman–Crippen MR) is 75.6 cm³/mol. The second kappa shape index (κ2) is 6.10. The van der Waals surface area contributed by atoms with Gasteiger partial charge >= 0.3 is 0 Å². The van der Waals surface area contributed by atoms with Gasteiger partial charge in [-0.1, -0.05) is 6.07 Å². The molecule has 0 bridgehead atoms. The maximum Gasteiger partial charge on any atom is 0.161 e. The summed E-state index contributed by atoms with van der Waals surface area (Å²) in [5.74, 6) is 1.59. The summed E-state index contributed by atoms with van der Waals surface area (Å²) < 4.78 is 11.2. The Labute approximate surface area is 110 Å². The fourth-order valence-corrected chi connectivity index (χ4v) is 1.58. The normalized spacial score (nSPS) is 13.2. The molecule has 3 nitrogen and oxygen atoms in total. The number of aryl methyl sites for hydroxylation is 1. The van der Waals surface area contributed by atoms with Crippen molar-refractivity contribution >= 4 is 0 Å². The molecule has 0 spiro atoms. The van der Waals surface area contributed by atoms with Crippen LogP contribution in [0, 0.1) is 6.92 Å². The highest BCUT2D eigenvalue weighted by molar-refractivity contribution is 5.42. The van der Waals surface area contributed by atoms with Crippen molar-refractivity contribution in [2.45, 2.75) is 46.3 Å². The molecule has 1 N–H and O–H groups in total. The Morgan fingerprint density at radius 2 is 1.89 bits per heavy atom. The van der Waals surface area contributed by atoms with E-state index in [9.17, 15) is 0 Å². The van der Waals surface area contributed by atoms with Crippen molar-refractivity contribution < 1.29 is 9.47 Å². The van der Waals surface area contributed by atoms with Gasteiger partial charge in [0.15, 0.2) is 11.5 Å². The van der Waals surface area contributed by atoms with E-state index in [2.05, 4.69) is 33.0 Å². The van der Waals surface area contributed by atoms with Crippen molar-refractivity contribution in [3.63, 3.8) is 0 Å². The number of hydrogen-bond donors (Lipinski definition) is 1. The highest BCUT2D eigenvalue weighted by Gasteiger charge is 2.13. The first-order valence-electron chi connectivity index (χ1n) is 6.38. The molecular formula is C15H25NO2. The van der Waals surface area contributed by atoms with E-state index in [0.29, 0.717) is 0 Å². The number of rotatable bonds is 5. The average molecular weight is 251 g/mol. The zero-order chi connectivity index (χ0) is 13.8. The molecule has 1 atom stereocenters. The van der Waals surface area contributed by atoms with Gasteiger partial charge < -0.3 is 14.8 Å². The van der Waals surface area contributed by atoms with Gasteiger partial charge in [-0.15, -0.1) is 0 Å². The molecule has 1 rings (SSSR count). The standard InChI is InChI=1S/C15H25NO2/c1-11-7-8-13(14(9-11)17-6)18-12(2)10-16-15(3,4)5/h7-9,12,16H,10H2,1-6H3. The van der Waals surface area contributed by atoms with Crippen molar-refractivity contribution in [3.8, 4) is 11.5 Å². The number of benzene rings is 1. The molecular weight excluding hydrogens is 226 g/mol. The van der Waals surface area contributed by atoms with Crippen LogP contribution < -0.4 is 14.8 Å². The first-order valence-corrected chi connectivity index (χ1v) is 6.38. The minimum absolute atomic E-state index is 0.0980. The maximum absolute atomic E-state index is 5.90. The summed E-state index contributed by atoms with van der Waals surface area (Å²) in [6.07, 6.45) is 0.0980. The molecule has 3 heteroatoms. The summed E-state index contributed by atoms with van der Waals surface area (Å²) in [5.41, 5.74) is 1.27. The van der Waals surface area contributed by atoms with Crippen molar-refractivity contribution in [1.29, 1.82) is 0 Å². The molecule has 0 radical (unpaired) electrons. The van der Waals surface area contributed by atoms with Gasteiger partial charge in [-0.05, 0) is 52.3 Å². The van der Waals surface area contributed by atoms with Gasteiger partial charge in [-0.2, -0.15) is 0 Å². The van der Waals surface area contributed by atoms with E-state index in [1.54, 1.807) is 7.11 Å². The summed E-state index contributed by atoms with van der Waals surface area (Å²) in [6, 6.07) is 5.97. The number of nitrogens with one attached hydrogen (secondary N) is 1. The van der Waals surface area contributed by atoms with E-state index in [0.717, 1.165) is 18.0 Å². The summed E-state index contributed by atoms with van der Waals surface area (Å²) in [6.45, 7) is 11.3. The molecule has 0 aliphatic heterocycles. The van der Waals surface area contributed by atoms with Crippen LogP contribution >= 0.6 is 0 Å². The van der Waals surface area contributed by atoms with Gasteiger partial charge in [0.2, 0.25) is 0 Å². The van der Waals surface area contributed by atoms with Crippen LogP contribution in [0.3, 0.4) is 0 Å². The van der Waals surface area contributed by atoms with E-state index in [4.69, 9.17) is 9.47 Å². The Balaban J connectivity index is 2.61. The Kier molecular flexibility index (Phi) is 5.03. The molecule has 0 aromatic heterocycles. The van der Waals surface area contributed by atoms with Crippen molar-refractivity contribution in [3.05, 3.63) is 23.8 Å². The van der Waals surface area contributed by atoms with Crippen LogP contribution in [0.5, 0.6) is 11.5 Å². The molecule has 0 aliphatic carbocycles. The zero-order valence-electron chi connectivity index (χ0n) is 12.3. The lowest BCUT2D eigenvalue weighted by molar-refractivity contribution is 0.195. The molecule has 0 fully saturated rings. The van der Waals surface area contributed by atoms with Gasteiger partial charge in [0.25, 0.3) is 0 Å². The van der Waals surface area contributed by atoms with Gasteiger partial charge in [-0.3, -0.25) is 0 Å². The minimum Gasteiger partial charge on any atom is -0.493 e. The van der Waals surface area contributed by atoms with Crippen molar-refractivity contribution in [2.24, 2.45) is 0 Å². The summed E-state index contributed by atoms with van der Waals surface area (Å²) in [7, 11) is 1.67. The largest absolute Gasteiger partial charge is 0.493 e. The molecule has 1 unspecified atom stereocenters. The van der Waals surface area contributed by atoms with E-state index in [1.807, 2.05) is 25.1 Å². The maximum atomic E-state index is 5.90. The van der Waals surface area contributed by atoms with Crippen LogP contribution in [0.25, 0.3) is 0 Å². The molecule has 0 amide bonds. The fourth-order valence-electron chi connectivity index (χ4n) is 1.58. The van der Waals surface area contributed by atoms with E-state index in [1.165, 1.54) is 5.56 Å². The fraction of sp³-hybridized carbons (Fsp3) is 0.600. The van der Waals surface area contributed by atoms with Crippen LogP contribution in [0.1, 0.15) is 33.3 Å². The van der Waals surface area contributed by atoms with Crippen LogP contribution in [0.4, 0.5) is 0 Å². The van der Waals surface area contributed by atoms with Crippen LogP contribution in [-0.2, 0) is 0 Å². The third kappa shape index (κ3) is 4.96. The Hall–Kier alpha value is -1.22. The third-order valence-electron chi connectivity index (χ3n) is 2.57. The van der Waals surface area contributed by atoms with Gasteiger partial charge in [-0.25, -0.2) is 0 Å². The first kappa shape index (κ1) is 14.8. The second-order valence-corrected chi connectivity index (χ2v) is 5.71. The predicted octanol–water partition coefficient (Wildman–Crippen LogP) is 3.16. The van der Waals surface area contributed by atoms with Crippen LogP contribution in [-0.4, -0.2) is 25.3 Å². The van der Waals surface area contributed by atoms with Crippen LogP contribution in [0.2, 0.25) is 0 Å². The Bertz CT molecular complexity index is 383. The lowest BCUT2D eigenvalue weighted by Crippen LogP contribution is -2.41. The number of ether oxygens (including phenoxy) is 2. The molecule has 18 heavy (non-hydrogen) atoms. The zero-order valence-corrected chi connectivity index (χ0v) is 12.3. The van der Waals surface area contributed by atoms with E-state index >= 15 is 0 Å². The van der Waals surface area contributed by atoms with Crippen molar-refractivity contribution in [2.75, 3.05) is 13.7 Å². The second-order valence-electron chi connectivity index (χ2n) is 5.71. The molecule has 0 aliphatic rings.